The zero-order chi connectivity index (χ0) is 17.1. The summed E-state index contributed by atoms with van der Waals surface area (Å²) in [5.74, 6) is 2.07. The summed E-state index contributed by atoms with van der Waals surface area (Å²) in [6.45, 7) is 0.238. The Kier molecular flexibility index (Phi) is 3.91. The van der Waals surface area contributed by atoms with E-state index < -0.39 is 0 Å². The highest BCUT2D eigenvalue weighted by atomic mass is 16.5. The molecule has 8 heteroatoms. The molecular formula is C17H14N6O2. The van der Waals surface area contributed by atoms with Gasteiger partial charge >= 0.3 is 0 Å². The number of nitrogens with zero attached hydrogens (tertiary/aromatic N) is 6. The fourth-order valence-electron chi connectivity index (χ4n) is 2.39. The van der Waals surface area contributed by atoms with Crippen LogP contribution < -0.4 is 4.74 Å². The molecule has 0 unspecified atom stereocenters. The van der Waals surface area contributed by atoms with E-state index in [9.17, 15) is 0 Å². The molecule has 0 fully saturated rings. The maximum atomic E-state index is 5.32. The molecule has 2 aromatic heterocycles. The van der Waals surface area contributed by atoms with E-state index in [2.05, 4.69) is 25.6 Å². The SMILES string of the molecule is COc1ccccc1-c1noc(Cn2nnc(-c3ccccc3)n2)n1. The molecule has 0 aliphatic rings. The number of benzene rings is 2. The highest BCUT2D eigenvalue weighted by Crippen LogP contribution is 2.27. The van der Waals surface area contributed by atoms with Crippen molar-refractivity contribution in [1.29, 1.82) is 0 Å². The second-order valence-corrected chi connectivity index (χ2v) is 5.22. The van der Waals surface area contributed by atoms with Crippen LogP contribution in [0.15, 0.2) is 59.1 Å². The van der Waals surface area contributed by atoms with Gasteiger partial charge in [-0.15, -0.1) is 10.2 Å². The molecule has 4 aromatic rings. The molecule has 0 aliphatic heterocycles. The van der Waals surface area contributed by atoms with Crippen LogP contribution in [0, 0.1) is 0 Å². The largest absolute Gasteiger partial charge is 0.496 e. The first-order valence-corrected chi connectivity index (χ1v) is 7.62. The molecule has 0 saturated heterocycles. The first kappa shape index (κ1) is 15.0. The van der Waals surface area contributed by atoms with Gasteiger partial charge < -0.3 is 9.26 Å². The number of para-hydroxylation sites is 1. The van der Waals surface area contributed by atoms with Crippen LogP contribution in [0.5, 0.6) is 5.75 Å². The van der Waals surface area contributed by atoms with Gasteiger partial charge in [-0.25, -0.2) is 0 Å². The third-order valence-electron chi connectivity index (χ3n) is 3.58. The van der Waals surface area contributed by atoms with E-state index in [1.165, 1.54) is 4.80 Å². The standard InChI is InChI=1S/C17H14N6O2/c1-24-14-10-6-5-9-13(14)17-18-15(25-21-17)11-23-20-16(19-22-23)12-7-3-2-4-8-12/h2-10H,11H2,1H3. The molecule has 0 bridgehead atoms. The van der Waals surface area contributed by atoms with Gasteiger partial charge in [0.1, 0.15) is 12.3 Å². The lowest BCUT2D eigenvalue weighted by molar-refractivity contribution is 0.356. The molecule has 0 radical (unpaired) electrons. The number of hydrogen-bond acceptors (Lipinski definition) is 7. The smallest absolute Gasteiger partial charge is 0.250 e. The number of rotatable bonds is 5. The minimum absolute atomic E-state index is 0.238. The van der Waals surface area contributed by atoms with Crippen molar-refractivity contribution in [2.24, 2.45) is 0 Å². The van der Waals surface area contributed by atoms with E-state index in [4.69, 9.17) is 9.26 Å². The summed E-state index contributed by atoms with van der Waals surface area (Å²) in [5.41, 5.74) is 1.66. The summed E-state index contributed by atoms with van der Waals surface area (Å²) >= 11 is 0. The molecule has 124 valence electrons. The molecule has 0 saturated carbocycles. The van der Waals surface area contributed by atoms with Gasteiger partial charge in [0.25, 0.3) is 5.89 Å². The average molecular weight is 334 g/mol. The Balaban J connectivity index is 1.55. The van der Waals surface area contributed by atoms with Gasteiger partial charge in [-0.3, -0.25) is 0 Å². The Hall–Kier alpha value is -3.55. The summed E-state index contributed by atoms with van der Waals surface area (Å²) in [7, 11) is 1.60. The van der Waals surface area contributed by atoms with Crippen molar-refractivity contribution in [1.82, 2.24) is 30.3 Å². The Morgan fingerprint density at radius 1 is 1.00 bits per heavy atom. The zero-order valence-corrected chi connectivity index (χ0v) is 13.4. The van der Waals surface area contributed by atoms with Crippen molar-refractivity contribution >= 4 is 0 Å². The maximum Gasteiger partial charge on any atom is 0.250 e. The van der Waals surface area contributed by atoms with Gasteiger partial charge in [0.2, 0.25) is 11.6 Å². The van der Waals surface area contributed by atoms with E-state index in [0.29, 0.717) is 23.3 Å². The number of hydrogen-bond donors (Lipinski definition) is 0. The summed E-state index contributed by atoms with van der Waals surface area (Å²) in [6.07, 6.45) is 0. The van der Waals surface area contributed by atoms with E-state index >= 15 is 0 Å². The van der Waals surface area contributed by atoms with Gasteiger partial charge in [-0.05, 0) is 17.3 Å². The predicted molar refractivity (Wildman–Crippen MR) is 88.6 cm³/mol. The molecule has 2 aromatic carbocycles. The lowest BCUT2D eigenvalue weighted by Crippen LogP contribution is -2.04. The van der Waals surface area contributed by atoms with Crippen LogP contribution >= 0.6 is 0 Å². The number of ether oxygens (including phenoxy) is 1. The van der Waals surface area contributed by atoms with E-state index in [1.54, 1.807) is 7.11 Å². The van der Waals surface area contributed by atoms with Gasteiger partial charge in [0.15, 0.2) is 0 Å². The van der Waals surface area contributed by atoms with Gasteiger partial charge in [0, 0.05) is 5.56 Å². The van der Waals surface area contributed by atoms with Crippen LogP contribution in [0.2, 0.25) is 0 Å². The summed E-state index contributed by atoms with van der Waals surface area (Å²) < 4.78 is 10.6. The number of tetrazole rings is 1. The first-order valence-electron chi connectivity index (χ1n) is 7.62. The third kappa shape index (κ3) is 3.09. The fraction of sp³-hybridized carbons (Fsp3) is 0.118. The third-order valence-corrected chi connectivity index (χ3v) is 3.58. The minimum Gasteiger partial charge on any atom is -0.496 e. The summed E-state index contributed by atoms with van der Waals surface area (Å²) in [4.78, 5) is 5.80. The highest BCUT2D eigenvalue weighted by Gasteiger charge is 2.14. The molecule has 0 amide bonds. The lowest BCUT2D eigenvalue weighted by atomic mass is 10.2. The van der Waals surface area contributed by atoms with Crippen molar-refractivity contribution < 1.29 is 9.26 Å². The Morgan fingerprint density at radius 2 is 1.80 bits per heavy atom. The first-order chi connectivity index (χ1) is 12.3. The van der Waals surface area contributed by atoms with Crippen molar-refractivity contribution in [3.05, 3.63) is 60.5 Å². The topological polar surface area (TPSA) is 91.8 Å². The van der Waals surface area contributed by atoms with Gasteiger partial charge in [-0.1, -0.05) is 47.6 Å². The molecule has 0 atom stereocenters. The predicted octanol–water partition coefficient (Wildman–Crippen LogP) is 2.45. The highest BCUT2D eigenvalue weighted by molar-refractivity contribution is 5.63. The molecule has 8 nitrogen and oxygen atoms in total. The molecule has 25 heavy (non-hydrogen) atoms. The second-order valence-electron chi connectivity index (χ2n) is 5.22. The molecule has 0 aliphatic carbocycles. The normalized spacial score (nSPS) is 10.8. The molecule has 2 heterocycles. The van der Waals surface area contributed by atoms with Crippen molar-refractivity contribution in [2.45, 2.75) is 6.54 Å². The summed E-state index contributed by atoms with van der Waals surface area (Å²) in [6, 6.07) is 17.1. The van der Waals surface area contributed by atoms with Gasteiger partial charge in [0.05, 0.1) is 12.7 Å². The van der Waals surface area contributed by atoms with Crippen LogP contribution in [-0.4, -0.2) is 37.5 Å². The molecular weight excluding hydrogens is 320 g/mol. The van der Waals surface area contributed by atoms with Gasteiger partial charge in [-0.2, -0.15) is 9.78 Å². The van der Waals surface area contributed by atoms with Crippen molar-refractivity contribution in [3.63, 3.8) is 0 Å². The van der Waals surface area contributed by atoms with Crippen molar-refractivity contribution in [3.8, 4) is 28.5 Å². The van der Waals surface area contributed by atoms with Crippen LogP contribution in [0.25, 0.3) is 22.8 Å². The van der Waals surface area contributed by atoms with E-state index in [1.807, 2.05) is 54.6 Å². The van der Waals surface area contributed by atoms with Crippen LogP contribution in [0.4, 0.5) is 0 Å². The quantitative estimate of drug-likeness (QED) is 0.553. The Bertz CT molecular complexity index is 979. The van der Waals surface area contributed by atoms with Crippen LogP contribution in [-0.2, 0) is 6.54 Å². The average Bonchev–Trinajstić information content (AvgIpc) is 3.32. The van der Waals surface area contributed by atoms with Crippen LogP contribution in [0.3, 0.4) is 0 Å². The summed E-state index contributed by atoms with van der Waals surface area (Å²) in [5, 5.41) is 16.4. The van der Waals surface area contributed by atoms with E-state index in [0.717, 1.165) is 11.1 Å². The number of methoxy groups -OCH3 is 1. The molecule has 0 N–H and O–H groups in total. The van der Waals surface area contributed by atoms with E-state index in [-0.39, 0.29) is 6.54 Å². The minimum atomic E-state index is 0.238. The fourth-order valence-corrected chi connectivity index (χ4v) is 2.39. The monoisotopic (exact) mass is 334 g/mol. The van der Waals surface area contributed by atoms with Crippen LogP contribution in [0.1, 0.15) is 5.89 Å². The molecule has 4 rings (SSSR count). The van der Waals surface area contributed by atoms with Crippen molar-refractivity contribution in [2.75, 3.05) is 7.11 Å². The maximum absolute atomic E-state index is 5.32. The zero-order valence-electron chi connectivity index (χ0n) is 13.4. The number of aromatic nitrogens is 6. The Morgan fingerprint density at radius 3 is 2.64 bits per heavy atom. The lowest BCUT2D eigenvalue weighted by Gasteiger charge is -2.02. The second kappa shape index (κ2) is 6.52. The Labute approximate surface area is 143 Å². The molecule has 0 spiro atoms.